The van der Waals surface area contributed by atoms with Crippen LogP contribution in [0.3, 0.4) is 0 Å². The number of aliphatic hydroxyl groups is 1. The van der Waals surface area contributed by atoms with Gasteiger partial charge in [-0.1, -0.05) is 17.7 Å². The minimum Gasteiger partial charge on any atom is -0.463 e. The second-order valence-electron chi connectivity index (χ2n) is 4.31. The first-order chi connectivity index (χ1) is 7.99. The standard InChI is InChI=1S/C14H15ClO2/c1-8-7-12(15)9(2)6-11(8)14(16)13-5-4-10(3)17-13/h4-7,14,16H,1-3H3. The van der Waals surface area contributed by atoms with Crippen molar-refractivity contribution in [3.63, 3.8) is 0 Å². The van der Waals surface area contributed by atoms with Crippen LogP contribution in [0.1, 0.15) is 34.3 Å². The fourth-order valence-electron chi connectivity index (χ4n) is 1.85. The quantitative estimate of drug-likeness (QED) is 0.876. The second-order valence-corrected chi connectivity index (χ2v) is 4.72. The molecule has 0 radical (unpaired) electrons. The average Bonchev–Trinajstić information content (AvgIpc) is 2.69. The maximum atomic E-state index is 10.3. The molecule has 1 N–H and O–H groups in total. The fraction of sp³-hybridized carbons (Fsp3) is 0.286. The summed E-state index contributed by atoms with van der Waals surface area (Å²) in [6.45, 7) is 5.71. The molecule has 0 aliphatic rings. The number of hydrogen-bond acceptors (Lipinski definition) is 2. The van der Waals surface area contributed by atoms with Gasteiger partial charge in [0, 0.05) is 5.02 Å². The van der Waals surface area contributed by atoms with E-state index in [1.165, 1.54) is 0 Å². The predicted molar refractivity (Wildman–Crippen MR) is 68.4 cm³/mol. The highest BCUT2D eigenvalue weighted by atomic mass is 35.5. The molecule has 0 aliphatic heterocycles. The van der Waals surface area contributed by atoms with Crippen molar-refractivity contribution in [2.75, 3.05) is 0 Å². The number of benzene rings is 1. The highest BCUT2D eigenvalue weighted by Gasteiger charge is 2.17. The van der Waals surface area contributed by atoms with Gasteiger partial charge in [0.1, 0.15) is 17.6 Å². The molecule has 0 fully saturated rings. The molecular weight excluding hydrogens is 236 g/mol. The topological polar surface area (TPSA) is 33.4 Å². The molecule has 0 spiro atoms. The highest BCUT2D eigenvalue weighted by Crippen LogP contribution is 2.29. The van der Waals surface area contributed by atoms with Crippen molar-refractivity contribution in [1.82, 2.24) is 0 Å². The van der Waals surface area contributed by atoms with E-state index in [2.05, 4.69) is 0 Å². The van der Waals surface area contributed by atoms with Crippen molar-refractivity contribution >= 4 is 11.6 Å². The van der Waals surface area contributed by atoms with E-state index in [1.807, 2.05) is 39.0 Å². The van der Waals surface area contributed by atoms with Gasteiger partial charge in [0.15, 0.2) is 0 Å². The smallest absolute Gasteiger partial charge is 0.137 e. The zero-order valence-electron chi connectivity index (χ0n) is 10.1. The summed E-state index contributed by atoms with van der Waals surface area (Å²) in [4.78, 5) is 0. The lowest BCUT2D eigenvalue weighted by Gasteiger charge is -2.13. The van der Waals surface area contributed by atoms with Crippen LogP contribution in [-0.4, -0.2) is 5.11 Å². The van der Waals surface area contributed by atoms with Gasteiger partial charge in [-0.05, 0) is 55.7 Å². The third-order valence-electron chi connectivity index (χ3n) is 2.87. The van der Waals surface area contributed by atoms with Crippen LogP contribution in [0.4, 0.5) is 0 Å². The van der Waals surface area contributed by atoms with E-state index in [0.717, 1.165) is 22.5 Å². The molecular formula is C14H15ClO2. The summed E-state index contributed by atoms with van der Waals surface area (Å²) in [5, 5.41) is 11.0. The Morgan fingerprint density at radius 1 is 1.12 bits per heavy atom. The zero-order chi connectivity index (χ0) is 12.6. The number of halogens is 1. The molecule has 1 heterocycles. The Morgan fingerprint density at radius 2 is 1.82 bits per heavy atom. The first kappa shape index (κ1) is 12.2. The van der Waals surface area contributed by atoms with E-state index >= 15 is 0 Å². The van der Waals surface area contributed by atoms with Crippen LogP contribution in [0.15, 0.2) is 28.7 Å². The van der Waals surface area contributed by atoms with Crippen molar-refractivity contribution in [2.24, 2.45) is 0 Å². The Labute approximate surface area is 106 Å². The molecule has 0 bridgehead atoms. The Kier molecular flexibility index (Phi) is 3.27. The Bertz CT molecular complexity index is 543. The van der Waals surface area contributed by atoms with Gasteiger partial charge >= 0.3 is 0 Å². The number of hydrogen-bond donors (Lipinski definition) is 1. The molecule has 0 aliphatic carbocycles. The maximum Gasteiger partial charge on any atom is 0.137 e. The van der Waals surface area contributed by atoms with Crippen LogP contribution < -0.4 is 0 Å². The van der Waals surface area contributed by atoms with Crippen molar-refractivity contribution in [2.45, 2.75) is 26.9 Å². The van der Waals surface area contributed by atoms with Crippen molar-refractivity contribution in [1.29, 1.82) is 0 Å². The van der Waals surface area contributed by atoms with Gasteiger partial charge in [-0.25, -0.2) is 0 Å². The largest absolute Gasteiger partial charge is 0.463 e. The molecule has 0 saturated heterocycles. The molecule has 1 atom stereocenters. The summed E-state index contributed by atoms with van der Waals surface area (Å²) >= 11 is 6.04. The van der Waals surface area contributed by atoms with Gasteiger partial charge in [-0.3, -0.25) is 0 Å². The summed E-state index contributed by atoms with van der Waals surface area (Å²) in [5.41, 5.74) is 2.75. The lowest BCUT2D eigenvalue weighted by molar-refractivity contribution is 0.187. The van der Waals surface area contributed by atoms with Gasteiger partial charge < -0.3 is 9.52 Å². The van der Waals surface area contributed by atoms with Crippen LogP contribution in [0.5, 0.6) is 0 Å². The first-order valence-electron chi connectivity index (χ1n) is 5.50. The van der Waals surface area contributed by atoms with Gasteiger partial charge in [0.2, 0.25) is 0 Å². The van der Waals surface area contributed by atoms with Crippen molar-refractivity contribution in [3.8, 4) is 0 Å². The van der Waals surface area contributed by atoms with E-state index in [0.29, 0.717) is 10.8 Å². The number of aryl methyl sites for hydroxylation is 3. The van der Waals surface area contributed by atoms with Crippen molar-refractivity contribution < 1.29 is 9.52 Å². The van der Waals surface area contributed by atoms with Gasteiger partial charge in [-0.2, -0.15) is 0 Å². The van der Waals surface area contributed by atoms with Crippen LogP contribution in [0, 0.1) is 20.8 Å². The number of aliphatic hydroxyl groups excluding tert-OH is 1. The summed E-state index contributed by atoms with van der Waals surface area (Å²) in [7, 11) is 0. The second kappa shape index (κ2) is 4.55. The summed E-state index contributed by atoms with van der Waals surface area (Å²) in [6.07, 6.45) is -0.736. The van der Waals surface area contributed by atoms with E-state index < -0.39 is 6.10 Å². The van der Waals surface area contributed by atoms with E-state index in [9.17, 15) is 5.11 Å². The van der Waals surface area contributed by atoms with E-state index in [4.69, 9.17) is 16.0 Å². The van der Waals surface area contributed by atoms with E-state index in [-0.39, 0.29) is 0 Å². The molecule has 0 amide bonds. The van der Waals surface area contributed by atoms with Crippen LogP contribution in [0.2, 0.25) is 5.02 Å². The molecule has 17 heavy (non-hydrogen) atoms. The van der Waals surface area contributed by atoms with Crippen LogP contribution in [0.25, 0.3) is 0 Å². The summed E-state index contributed by atoms with van der Waals surface area (Å²) in [6, 6.07) is 7.41. The minimum atomic E-state index is -0.736. The maximum absolute atomic E-state index is 10.3. The van der Waals surface area contributed by atoms with Crippen LogP contribution in [-0.2, 0) is 0 Å². The summed E-state index contributed by atoms with van der Waals surface area (Å²) in [5.74, 6) is 1.36. The minimum absolute atomic E-state index is 0.562. The number of furan rings is 1. The molecule has 2 aromatic rings. The Morgan fingerprint density at radius 3 is 2.41 bits per heavy atom. The Hall–Kier alpha value is -1.25. The molecule has 1 aromatic carbocycles. The molecule has 2 nitrogen and oxygen atoms in total. The monoisotopic (exact) mass is 250 g/mol. The van der Waals surface area contributed by atoms with E-state index in [1.54, 1.807) is 6.07 Å². The van der Waals surface area contributed by atoms with Gasteiger partial charge in [0.25, 0.3) is 0 Å². The fourth-order valence-corrected chi connectivity index (χ4v) is 2.07. The first-order valence-corrected chi connectivity index (χ1v) is 5.88. The third kappa shape index (κ3) is 2.38. The SMILES string of the molecule is Cc1ccc(C(O)c2cc(C)c(Cl)cc2C)o1. The lowest BCUT2D eigenvalue weighted by Crippen LogP contribution is -2.01. The molecule has 3 heteroatoms. The van der Waals surface area contributed by atoms with Gasteiger partial charge in [0.05, 0.1) is 0 Å². The Balaban J connectivity index is 2.43. The predicted octanol–water partition coefficient (Wildman–Crippen LogP) is 3.94. The van der Waals surface area contributed by atoms with Crippen LogP contribution >= 0.6 is 11.6 Å². The number of rotatable bonds is 2. The van der Waals surface area contributed by atoms with Gasteiger partial charge in [-0.15, -0.1) is 0 Å². The highest BCUT2D eigenvalue weighted by molar-refractivity contribution is 6.31. The molecule has 90 valence electrons. The average molecular weight is 251 g/mol. The summed E-state index contributed by atoms with van der Waals surface area (Å²) < 4.78 is 5.44. The molecule has 0 saturated carbocycles. The normalized spacial score (nSPS) is 12.8. The zero-order valence-corrected chi connectivity index (χ0v) is 10.9. The molecule has 2 rings (SSSR count). The molecule has 1 aromatic heterocycles. The third-order valence-corrected chi connectivity index (χ3v) is 3.28. The van der Waals surface area contributed by atoms with Crippen molar-refractivity contribution in [3.05, 3.63) is 57.5 Å². The molecule has 1 unspecified atom stereocenters. The lowest BCUT2D eigenvalue weighted by atomic mass is 9.99.